The molecule has 0 bridgehead atoms. The Kier molecular flexibility index (Phi) is 4.56. The summed E-state index contributed by atoms with van der Waals surface area (Å²) in [5.41, 5.74) is 3.50. The molecule has 1 nitrogen and oxygen atoms in total. The normalized spacial score (nSPS) is 10.4. The van der Waals surface area contributed by atoms with E-state index < -0.39 is 0 Å². The number of hydrogen-bond acceptors (Lipinski definition) is 2. The fourth-order valence-corrected chi connectivity index (χ4v) is 2.52. The van der Waals surface area contributed by atoms with E-state index in [4.69, 9.17) is 11.6 Å². The molecule has 2 rings (SSSR count). The van der Waals surface area contributed by atoms with E-state index in [1.807, 2.05) is 25.1 Å². The van der Waals surface area contributed by atoms with E-state index in [9.17, 15) is 0 Å². The van der Waals surface area contributed by atoms with Gasteiger partial charge >= 0.3 is 0 Å². The van der Waals surface area contributed by atoms with Gasteiger partial charge in [-0.3, -0.25) is 0 Å². The highest BCUT2D eigenvalue weighted by molar-refractivity contribution is 8.00. The van der Waals surface area contributed by atoms with Gasteiger partial charge in [-0.2, -0.15) is 0 Å². The zero-order valence-electron chi connectivity index (χ0n) is 10.5. The number of anilines is 1. The van der Waals surface area contributed by atoms with Gasteiger partial charge < -0.3 is 4.72 Å². The van der Waals surface area contributed by atoms with Gasteiger partial charge in [0.1, 0.15) is 0 Å². The summed E-state index contributed by atoms with van der Waals surface area (Å²) >= 11 is 7.69. The molecular formula is C15H16ClNS. The molecule has 0 amide bonds. The van der Waals surface area contributed by atoms with Crippen LogP contribution in [0.25, 0.3) is 0 Å². The Morgan fingerprint density at radius 1 is 1.11 bits per heavy atom. The molecule has 0 saturated carbocycles. The van der Waals surface area contributed by atoms with Crippen molar-refractivity contribution in [2.75, 3.05) is 4.72 Å². The molecule has 0 heterocycles. The van der Waals surface area contributed by atoms with Crippen LogP contribution in [0.3, 0.4) is 0 Å². The Bertz CT molecular complexity index is 523. The Labute approximate surface area is 118 Å². The van der Waals surface area contributed by atoms with Crippen LogP contribution in [0.4, 0.5) is 5.69 Å². The largest absolute Gasteiger partial charge is 0.325 e. The van der Waals surface area contributed by atoms with E-state index in [0.29, 0.717) is 0 Å². The standard InChI is InChI=1S/C15H16ClNS/c1-3-12-7-9-13(10-8-12)18-17-15-6-4-5-14(16)11(15)2/h4-10,17H,3H2,1-2H3. The van der Waals surface area contributed by atoms with Crippen molar-refractivity contribution in [3.63, 3.8) is 0 Å². The van der Waals surface area contributed by atoms with Gasteiger partial charge in [-0.25, -0.2) is 0 Å². The summed E-state index contributed by atoms with van der Waals surface area (Å²) in [5, 5.41) is 0.793. The number of rotatable bonds is 4. The number of hydrogen-bond donors (Lipinski definition) is 1. The first-order chi connectivity index (χ1) is 8.70. The smallest absolute Gasteiger partial charge is 0.0487 e. The van der Waals surface area contributed by atoms with Crippen molar-refractivity contribution in [1.82, 2.24) is 0 Å². The monoisotopic (exact) mass is 277 g/mol. The number of nitrogens with one attached hydrogen (secondary N) is 1. The van der Waals surface area contributed by atoms with Gasteiger partial charge in [0, 0.05) is 15.6 Å². The van der Waals surface area contributed by atoms with Gasteiger partial charge in [0.25, 0.3) is 0 Å². The first kappa shape index (κ1) is 13.3. The Morgan fingerprint density at radius 3 is 2.50 bits per heavy atom. The number of benzene rings is 2. The molecule has 0 aromatic heterocycles. The van der Waals surface area contributed by atoms with E-state index >= 15 is 0 Å². The highest BCUT2D eigenvalue weighted by atomic mass is 35.5. The predicted octanol–water partition coefficient (Wildman–Crippen LogP) is 5.33. The molecule has 1 N–H and O–H groups in total. The molecule has 18 heavy (non-hydrogen) atoms. The maximum atomic E-state index is 6.09. The minimum atomic E-state index is 0.793. The third kappa shape index (κ3) is 3.21. The van der Waals surface area contributed by atoms with Crippen molar-refractivity contribution in [1.29, 1.82) is 0 Å². The molecule has 0 radical (unpaired) electrons. The highest BCUT2D eigenvalue weighted by Crippen LogP contribution is 2.27. The van der Waals surface area contributed by atoms with Crippen molar-refractivity contribution in [3.8, 4) is 0 Å². The van der Waals surface area contributed by atoms with Crippen LogP contribution in [-0.2, 0) is 6.42 Å². The molecule has 0 spiro atoms. The van der Waals surface area contributed by atoms with Crippen LogP contribution in [0.15, 0.2) is 47.4 Å². The second-order valence-corrected chi connectivity index (χ2v) is 5.40. The lowest BCUT2D eigenvalue weighted by molar-refractivity contribution is 1.13. The number of halogens is 1. The van der Waals surface area contributed by atoms with Gasteiger partial charge in [0.15, 0.2) is 0 Å². The molecule has 0 saturated heterocycles. The molecule has 0 aliphatic rings. The summed E-state index contributed by atoms with van der Waals surface area (Å²) in [6, 6.07) is 14.5. The first-order valence-corrected chi connectivity index (χ1v) is 7.17. The van der Waals surface area contributed by atoms with Gasteiger partial charge in [0.2, 0.25) is 0 Å². The van der Waals surface area contributed by atoms with E-state index in [0.717, 1.165) is 22.7 Å². The average Bonchev–Trinajstić information content (AvgIpc) is 2.41. The lowest BCUT2D eigenvalue weighted by Gasteiger charge is -2.09. The zero-order chi connectivity index (χ0) is 13.0. The third-order valence-corrected chi connectivity index (χ3v) is 4.12. The van der Waals surface area contributed by atoms with Crippen LogP contribution in [0.2, 0.25) is 5.02 Å². The lowest BCUT2D eigenvalue weighted by atomic mass is 10.2. The Hall–Kier alpha value is -1.12. The quantitative estimate of drug-likeness (QED) is 0.758. The molecule has 2 aromatic carbocycles. The van der Waals surface area contributed by atoms with Crippen molar-refractivity contribution in [2.24, 2.45) is 0 Å². The van der Waals surface area contributed by atoms with Crippen molar-refractivity contribution >= 4 is 29.2 Å². The molecular weight excluding hydrogens is 262 g/mol. The van der Waals surface area contributed by atoms with Gasteiger partial charge in [-0.05, 0) is 60.7 Å². The van der Waals surface area contributed by atoms with Crippen molar-refractivity contribution < 1.29 is 0 Å². The molecule has 3 heteroatoms. The molecule has 0 aliphatic carbocycles. The molecule has 0 aliphatic heterocycles. The van der Waals surface area contributed by atoms with Crippen molar-refractivity contribution in [2.45, 2.75) is 25.2 Å². The Morgan fingerprint density at radius 2 is 1.83 bits per heavy atom. The zero-order valence-corrected chi connectivity index (χ0v) is 12.1. The topological polar surface area (TPSA) is 12.0 Å². The minimum absolute atomic E-state index is 0.793. The fourth-order valence-electron chi connectivity index (χ4n) is 1.63. The summed E-state index contributed by atoms with van der Waals surface area (Å²) < 4.78 is 3.34. The van der Waals surface area contributed by atoms with Gasteiger partial charge in [-0.1, -0.05) is 36.7 Å². The van der Waals surface area contributed by atoms with Gasteiger partial charge in [-0.15, -0.1) is 0 Å². The van der Waals surface area contributed by atoms with Crippen LogP contribution < -0.4 is 4.72 Å². The molecule has 0 atom stereocenters. The van der Waals surface area contributed by atoms with Crippen LogP contribution in [0, 0.1) is 6.92 Å². The SMILES string of the molecule is CCc1ccc(SNc2cccc(Cl)c2C)cc1. The maximum Gasteiger partial charge on any atom is 0.0487 e. The first-order valence-electron chi connectivity index (χ1n) is 5.97. The van der Waals surface area contributed by atoms with Crippen LogP contribution >= 0.6 is 23.5 Å². The van der Waals surface area contributed by atoms with E-state index in [1.165, 1.54) is 10.5 Å². The number of aryl methyl sites for hydroxylation is 1. The molecule has 0 unspecified atom stereocenters. The van der Waals surface area contributed by atoms with Crippen LogP contribution in [0.5, 0.6) is 0 Å². The second kappa shape index (κ2) is 6.17. The van der Waals surface area contributed by atoms with Crippen LogP contribution in [0.1, 0.15) is 18.1 Å². The Balaban J connectivity index is 2.04. The summed E-state index contributed by atoms with van der Waals surface area (Å²) in [4.78, 5) is 1.20. The van der Waals surface area contributed by atoms with Crippen LogP contribution in [-0.4, -0.2) is 0 Å². The second-order valence-electron chi connectivity index (χ2n) is 4.11. The lowest BCUT2D eigenvalue weighted by Crippen LogP contribution is -1.90. The van der Waals surface area contributed by atoms with Gasteiger partial charge in [0.05, 0.1) is 0 Å². The molecule has 0 fully saturated rings. The summed E-state index contributed by atoms with van der Waals surface area (Å²) in [5.74, 6) is 0. The average molecular weight is 278 g/mol. The van der Waals surface area contributed by atoms with E-state index in [1.54, 1.807) is 11.9 Å². The maximum absolute atomic E-state index is 6.09. The fraction of sp³-hybridized carbons (Fsp3) is 0.200. The minimum Gasteiger partial charge on any atom is -0.325 e. The summed E-state index contributed by atoms with van der Waals surface area (Å²) in [6.45, 7) is 4.18. The third-order valence-electron chi connectivity index (χ3n) is 2.88. The molecule has 2 aromatic rings. The summed E-state index contributed by atoms with van der Waals surface area (Å²) in [6.07, 6.45) is 1.08. The van der Waals surface area contributed by atoms with Crippen molar-refractivity contribution in [3.05, 3.63) is 58.6 Å². The highest BCUT2D eigenvalue weighted by Gasteiger charge is 2.02. The summed E-state index contributed by atoms with van der Waals surface area (Å²) in [7, 11) is 0. The predicted molar refractivity (Wildman–Crippen MR) is 81.5 cm³/mol. The molecule has 94 valence electrons. The van der Waals surface area contributed by atoms with E-state index in [-0.39, 0.29) is 0 Å². The van der Waals surface area contributed by atoms with E-state index in [2.05, 4.69) is 35.9 Å².